The zero-order chi connectivity index (χ0) is 24.2. The van der Waals surface area contributed by atoms with Gasteiger partial charge in [-0.15, -0.1) is 11.3 Å². The normalized spacial score (nSPS) is 20.6. The summed E-state index contributed by atoms with van der Waals surface area (Å²) in [4.78, 5) is 32.3. The summed E-state index contributed by atoms with van der Waals surface area (Å²) in [5, 5.41) is 2.98. The second-order valence-corrected chi connectivity index (χ2v) is 7.85. The summed E-state index contributed by atoms with van der Waals surface area (Å²) in [6.45, 7) is 0. The number of carbonyl (C=O) groups is 2. The lowest BCUT2D eigenvalue weighted by molar-refractivity contribution is -0.302. The van der Waals surface area contributed by atoms with Crippen molar-refractivity contribution in [3.8, 4) is 5.75 Å². The first-order chi connectivity index (χ1) is 15.4. The van der Waals surface area contributed by atoms with Crippen LogP contribution < -0.4 is 15.0 Å². The van der Waals surface area contributed by atoms with Gasteiger partial charge < -0.3 is 4.74 Å². The third-order valence-corrected chi connectivity index (χ3v) is 5.91. The number of methoxy groups -OCH3 is 1. The Kier molecular flexibility index (Phi) is 5.22. The molecule has 33 heavy (non-hydrogen) atoms. The average molecular weight is 490 g/mol. The van der Waals surface area contributed by atoms with Crippen molar-refractivity contribution in [1.29, 1.82) is 0 Å². The summed E-state index contributed by atoms with van der Waals surface area (Å²) < 4.78 is 90.2. The number of alkyl halides is 6. The number of urea groups is 1. The number of amides is 3. The molecule has 0 spiro atoms. The highest BCUT2D eigenvalue weighted by molar-refractivity contribution is 7.12. The molecule has 1 aromatic heterocycles. The molecule has 3 heterocycles. The van der Waals surface area contributed by atoms with Crippen molar-refractivity contribution >= 4 is 40.6 Å². The lowest BCUT2D eigenvalue weighted by atomic mass is 9.78. The number of imide groups is 1. The molecule has 1 atom stereocenters. The topological polar surface area (TPSA) is 83.4 Å². The van der Waals surface area contributed by atoms with Crippen molar-refractivity contribution in [1.82, 2.24) is 5.32 Å². The summed E-state index contributed by atoms with van der Waals surface area (Å²) in [5.41, 5.74) is -5.00. The lowest BCUT2D eigenvalue weighted by Crippen LogP contribution is -2.73. The van der Waals surface area contributed by atoms with E-state index in [1.54, 1.807) is 5.32 Å². The van der Waals surface area contributed by atoms with E-state index in [1.807, 2.05) is 0 Å². The number of carbonyl (C=O) groups excluding carboxylic acids is 2. The van der Waals surface area contributed by atoms with Gasteiger partial charge in [0, 0.05) is 0 Å². The number of nitrogens with zero attached hydrogens (tertiary/aromatic N) is 3. The van der Waals surface area contributed by atoms with E-state index in [0.29, 0.717) is 10.6 Å². The number of fused-ring (bicyclic) bond motifs is 1. The third-order valence-electron chi connectivity index (χ3n) is 5.04. The lowest BCUT2D eigenvalue weighted by Gasteiger charge is -2.45. The second kappa shape index (κ2) is 7.57. The van der Waals surface area contributed by atoms with Crippen LogP contribution in [0.3, 0.4) is 0 Å². The van der Waals surface area contributed by atoms with E-state index in [9.17, 15) is 35.9 Å². The van der Waals surface area contributed by atoms with Crippen LogP contribution in [0, 0.1) is 5.92 Å². The number of hydrogen-bond acceptors (Lipinski definition) is 6. The standard InChI is InChI=1S/C19H12F6N4O3S/c1-32-10-6-4-9(5-7-10)29-14-12(15(30)27-16(29)31)17(18(20,21)22,19(23,24)25)28-13(26-14)11-3-2-8-33-11/h2-8,12H,1H3,(H,27,30,31). The van der Waals surface area contributed by atoms with Gasteiger partial charge in [-0.25, -0.2) is 19.7 Å². The van der Waals surface area contributed by atoms with Crippen LogP contribution in [0.25, 0.3) is 0 Å². The van der Waals surface area contributed by atoms with Crippen molar-refractivity contribution in [2.24, 2.45) is 15.9 Å². The number of benzene rings is 1. The van der Waals surface area contributed by atoms with Gasteiger partial charge >= 0.3 is 18.4 Å². The molecule has 2 aromatic rings. The Morgan fingerprint density at radius 1 is 1.06 bits per heavy atom. The highest BCUT2D eigenvalue weighted by Crippen LogP contribution is 2.54. The van der Waals surface area contributed by atoms with Crippen molar-refractivity contribution in [3.63, 3.8) is 0 Å². The van der Waals surface area contributed by atoms with E-state index in [1.165, 1.54) is 48.9 Å². The van der Waals surface area contributed by atoms with Gasteiger partial charge in [0.05, 0.1) is 17.7 Å². The molecule has 0 bridgehead atoms. The van der Waals surface area contributed by atoms with Crippen LogP contribution in [0.2, 0.25) is 0 Å². The van der Waals surface area contributed by atoms with Crippen LogP contribution in [0.1, 0.15) is 4.88 Å². The molecule has 7 nitrogen and oxygen atoms in total. The number of nitrogens with one attached hydrogen (secondary N) is 1. The van der Waals surface area contributed by atoms with Crippen LogP contribution >= 0.6 is 11.3 Å². The molecule has 4 rings (SSSR count). The maximum absolute atomic E-state index is 14.2. The average Bonchev–Trinajstić information content (AvgIpc) is 3.26. The quantitative estimate of drug-likeness (QED) is 0.657. The number of ether oxygens (including phenoxy) is 1. The third kappa shape index (κ3) is 3.44. The largest absolute Gasteiger partial charge is 0.497 e. The molecular weight excluding hydrogens is 478 g/mol. The van der Waals surface area contributed by atoms with Crippen molar-refractivity contribution in [2.45, 2.75) is 17.9 Å². The number of anilines is 1. The molecule has 2 aliphatic heterocycles. The van der Waals surface area contributed by atoms with Crippen LogP contribution in [0.4, 0.5) is 36.8 Å². The summed E-state index contributed by atoms with van der Waals surface area (Å²) in [6, 6.07) is 6.50. The first kappa shape index (κ1) is 22.8. The van der Waals surface area contributed by atoms with E-state index in [2.05, 4.69) is 9.98 Å². The predicted molar refractivity (Wildman–Crippen MR) is 106 cm³/mol. The van der Waals surface area contributed by atoms with Gasteiger partial charge in [-0.05, 0) is 35.7 Å². The molecule has 1 saturated heterocycles. The maximum atomic E-state index is 14.2. The first-order valence-corrected chi connectivity index (χ1v) is 9.93. The Labute approximate surface area is 185 Å². The van der Waals surface area contributed by atoms with Gasteiger partial charge in [-0.3, -0.25) is 10.1 Å². The number of aliphatic imine (C=N–C) groups is 2. The van der Waals surface area contributed by atoms with E-state index in [-0.39, 0.29) is 10.6 Å². The van der Waals surface area contributed by atoms with Crippen molar-refractivity contribution in [2.75, 3.05) is 12.0 Å². The Morgan fingerprint density at radius 2 is 1.70 bits per heavy atom. The van der Waals surface area contributed by atoms with E-state index >= 15 is 0 Å². The molecule has 0 saturated carbocycles. The fraction of sp³-hybridized carbons (Fsp3) is 0.263. The molecule has 1 fully saturated rings. The SMILES string of the molecule is COc1ccc(N2C(=O)NC(=O)C3C2=NC(c2cccs2)=NC3(C(F)(F)F)C(F)(F)F)cc1. The summed E-state index contributed by atoms with van der Waals surface area (Å²) in [5.74, 6) is -6.43. The first-order valence-electron chi connectivity index (χ1n) is 9.05. The Hall–Kier alpha value is -3.42. The minimum absolute atomic E-state index is 0.105. The van der Waals surface area contributed by atoms with Gasteiger partial charge in [0.15, 0.2) is 5.84 Å². The minimum atomic E-state index is -6.05. The maximum Gasteiger partial charge on any atom is 0.423 e. The Balaban J connectivity index is 2.01. The Bertz CT molecular complexity index is 1140. The fourth-order valence-electron chi connectivity index (χ4n) is 3.55. The molecular formula is C19H12F6N4O3S. The molecule has 174 valence electrons. The number of amidine groups is 2. The smallest absolute Gasteiger partial charge is 0.423 e. The van der Waals surface area contributed by atoms with Gasteiger partial charge in [0.1, 0.15) is 17.5 Å². The van der Waals surface area contributed by atoms with Crippen LogP contribution in [-0.2, 0) is 4.79 Å². The fourth-order valence-corrected chi connectivity index (χ4v) is 4.21. The summed E-state index contributed by atoms with van der Waals surface area (Å²) in [6.07, 6.45) is -12.1. The van der Waals surface area contributed by atoms with E-state index in [4.69, 9.17) is 4.74 Å². The molecule has 1 N–H and O–H groups in total. The van der Waals surface area contributed by atoms with E-state index in [0.717, 1.165) is 11.3 Å². The number of hydrogen-bond donors (Lipinski definition) is 1. The van der Waals surface area contributed by atoms with Crippen LogP contribution in [-0.4, -0.2) is 48.6 Å². The minimum Gasteiger partial charge on any atom is -0.497 e. The number of thiophene rings is 1. The molecule has 1 unspecified atom stereocenters. The number of halogens is 6. The molecule has 3 amide bonds. The van der Waals surface area contributed by atoms with E-state index < -0.39 is 47.4 Å². The zero-order valence-corrected chi connectivity index (χ0v) is 17.2. The molecule has 1 aromatic carbocycles. The molecule has 0 aliphatic carbocycles. The van der Waals surface area contributed by atoms with Gasteiger partial charge in [0.2, 0.25) is 5.91 Å². The predicted octanol–water partition coefficient (Wildman–Crippen LogP) is 4.15. The Morgan fingerprint density at radius 3 is 2.21 bits per heavy atom. The van der Waals surface area contributed by atoms with Crippen LogP contribution in [0.15, 0.2) is 51.8 Å². The number of rotatable bonds is 3. The van der Waals surface area contributed by atoms with Crippen LogP contribution in [0.5, 0.6) is 5.75 Å². The van der Waals surface area contributed by atoms with Crippen molar-refractivity contribution in [3.05, 3.63) is 46.7 Å². The molecule has 2 aliphatic rings. The monoisotopic (exact) mass is 490 g/mol. The molecule has 0 radical (unpaired) electrons. The molecule has 14 heteroatoms. The summed E-state index contributed by atoms with van der Waals surface area (Å²) in [7, 11) is 1.34. The zero-order valence-electron chi connectivity index (χ0n) is 16.4. The second-order valence-electron chi connectivity index (χ2n) is 6.91. The highest BCUT2D eigenvalue weighted by Gasteiger charge is 2.79. The summed E-state index contributed by atoms with van der Waals surface area (Å²) >= 11 is 0.801. The van der Waals surface area contributed by atoms with Gasteiger partial charge in [-0.2, -0.15) is 26.3 Å². The van der Waals surface area contributed by atoms with Crippen molar-refractivity contribution < 1.29 is 40.7 Å². The van der Waals surface area contributed by atoms with Gasteiger partial charge in [-0.1, -0.05) is 6.07 Å². The highest BCUT2D eigenvalue weighted by atomic mass is 32.1. The van der Waals surface area contributed by atoms with Gasteiger partial charge in [0.25, 0.3) is 5.54 Å².